The highest BCUT2D eigenvalue weighted by Crippen LogP contribution is 2.21. The van der Waals surface area contributed by atoms with E-state index in [1.165, 1.54) is 30.6 Å². The molecule has 21 heavy (non-hydrogen) atoms. The average molecular weight is 302 g/mol. The topological polar surface area (TPSA) is 34.0 Å². The highest BCUT2D eigenvalue weighted by atomic mass is 32.1. The van der Waals surface area contributed by atoms with Crippen molar-refractivity contribution in [2.45, 2.75) is 38.3 Å². The number of aryl methyl sites for hydroxylation is 1. The van der Waals surface area contributed by atoms with Crippen LogP contribution in [0.1, 0.15) is 36.4 Å². The zero-order valence-corrected chi connectivity index (χ0v) is 13.3. The van der Waals surface area contributed by atoms with Gasteiger partial charge in [-0.1, -0.05) is 25.0 Å². The molecular weight excluding hydrogens is 280 g/mol. The normalized spacial score (nSPS) is 20.9. The first-order chi connectivity index (χ1) is 10.3. The van der Waals surface area contributed by atoms with E-state index < -0.39 is 0 Å². The molecule has 5 heteroatoms. The van der Waals surface area contributed by atoms with Crippen LogP contribution in [-0.4, -0.2) is 32.3 Å². The summed E-state index contributed by atoms with van der Waals surface area (Å²) in [5.74, 6) is 1.05. The predicted octanol–water partition coefficient (Wildman–Crippen LogP) is 3.33. The second kappa shape index (κ2) is 7.00. The van der Waals surface area contributed by atoms with Crippen molar-refractivity contribution in [1.29, 1.82) is 0 Å². The third-order valence-corrected chi connectivity index (χ3v) is 4.93. The fourth-order valence-electron chi connectivity index (χ4n) is 2.83. The van der Waals surface area contributed by atoms with Crippen molar-refractivity contribution in [2.24, 2.45) is 7.05 Å². The Morgan fingerprint density at radius 2 is 2.33 bits per heavy atom. The van der Waals surface area contributed by atoms with Gasteiger partial charge < -0.3 is 4.57 Å². The predicted molar refractivity (Wildman–Crippen MR) is 87.0 cm³/mol. The molecule has 3 rings (SSSR count). The highest BCUT2D eigenvalue weighted by Gasteiger charge is 2.20. The SMILES string of the molecule is Cn1cnnc1CN1CCCCC[C@H]1/C=C/c1cccs1. The lowest BCUT2D eigenvalue weighted by Crippen LogP contribution is -2.33. The highest BCUT2D eigenvalue weighted by molar-refractivity contribution is 7.10. The van der Waals surface area contributed by atoms with Crippen molar-refractivity contribution in [3.8, 4) is 0 Å². The summed E-state index contributed by atoms with van der Waals surface area (Å²) in [6.45, 7) is 2.03. The lowest BCUT2D eigenvalue weighted by Gasteiger charge is -2.27. The molecule has 0 unspecified atom stereocenters. The summed E-state index contributed by atoms with van der Waals surface area (Å²) in [6, 6.07) is 4.78. The second-order valence-corrected chi connectivity index (χ2v) is 6.60. The van der Waals surface area contributed by atoms with Gasteiger partial charge in [-0.15, -0.1) is 21.5 Å². The Bertz CT molecular complexity index is 573. The van der Waals surface area contributed by atoms with Gasteiger partial charge in [-0.05, 0) is 36.9 Å². The molecule has 0 radical (unpaired) electrons. The van der Waals surface area contributed by atoms with Gasteiger partial charge in [0.05, 0.1) is 6.54 Å². The molecular formula is C16H22N4S. The lowest BCUT2D eigenvalue weighted by atomic mass is 10.1. The van der Waals surface area contributed by atoms with Gasteiger partial charge in [0.15, 0.2) is 0 Å². The molecule has 0 amide bonds. The zero-order valence-electron chi connectivity index (χ0n) is 12.5. The number of nitrogens with zero attached hydrogens (tertiary/aromatic N) is 4. The Morgan fingerprint density at radius 1 is 1.38 bits per heavy atom. The Kier molecular flexibility index (Phi) is 4.83. The number of likely N-dealkylation sites (tertiary alicyclic amines) is 1. The molecule has 0 aromatic carbocycles. The smallest absolute Gasteiger partial charge is 0.146 e. The zero-order chi connectivity index (χ0) is 14.5. The van der Waals surface area contributed by atoms with E-state index in [-0.39, 0.29) is 0 Å². The van der Waals surface area contributed by atoms with E-state index in [0.29, 0.717) is 6.04 Å². The van der Waals surface area contributed by atoms with E-state index in [0.717, 1.165) is 18.9 Å². The number of thiophene rings is 1. The van der Waals surface area contributed by atoms with E-state index in [1.807, 2.05) is 11.6 Å². The molecule has 0 spiro atoms. The molecule has 112 valence electrons. The summed E-state index contributed by atoms with van der Waals surface area (Å²) in [4.78, 5) is 3.87. The number of aromatic nitrogens is 3. The monoisotopic (exact) mass is 302 g/mol. The second-order valence-electron chi connectivity index (χ2n) is 5.62. The van der Waals surface area contributed by atoms with Crippen LogP contribution in [0, 0.1) is 0 Å². The minimum atomic E-state index is 0.506. The quantitative estimate of drug-likeness (QED) is 0.868. The van der Waals surface area contributed by atoms with Crippen LogP contribution in [0.25, 0.3) is 6.08 Å². The molecule has 0 saturated carbocycles. The van der Waals surface area contributed by atoms with Gasteiger partial charge in [0.25, 0.3) is 0 Å². The Balaban J connectivity index is 1.72. The number of hydrogen-bond acceptors (Lipinski definition) is 4. The first-order valence-corrected chi connectivity index (χ1v) is 8.49. The Labute approximate surface area is 130 Å². The molecule has 1 fully saturated rings. The van der Waals surface area contributed by atoms with Gasteiger partial charge in [-0.2, -0.15) is 0 Å². The summed E-state index contributed by atoms with van der Waals surface area (Å²) in [5, 5.41) is 10.4. The molecule has 1 saturated heterocycles. The standard InChI is InChI=1S/C16H22N4S/c1-19-13-17-18-16(19)12-20-10-4-2-3-6-14(20)8-9-15-7-5-11-21-15/h5,7-9,11,13-14H,2-4,6,10,12H2,1H3/b9-8+/t14-/m0/s1. The average Bonchev–Trinajstić information content (AvgIpc) is 3.08. The van der Waals surface area contributed by atoms with Crippen LogP contribution >= 0.6 is 11.3 Å². The summed E-state index contributed by atoms with van der Waals surface area (Å²) < 4.78 is 2.02. The lowest BCUT2D eigenvalue weighted by molar-refractivity contribution is 0.218. The maximum Gasteiger partial charge on any atom is 0.146 e. The molecule has 0 N–H and O–H groups in total. The van der Waals surface area contributed by atoms with Crippen molar-refractivity contribution >= 4 is 17.4 Å². The molecule has 0 aliphatic carbocycles. The van der Waals surface area contributed by atoms with Crippen molar-refractivity contribution in [1.82, 2.24) is 19.7 Å². The van der Waals surface area contributed by atoms with E-state index in [2.05, 4.69) is 44.8 Å². The van der Waals surface area contributed by atoms with Crippen molar-refractivity contribution in [3.63, 3.8) is 0 Å². The molecule has 2 aromatic rings. The van der Waals surface area contributed by atoms with Crippen LogP contribution in [0.2, 0.25) is 0 Å². The fourth-order valence-corrected chi connectivity index (χ4v) is 3.46. The van der Waals surface area contributed by atoms with Crippen LogP contribution in [-0.2, 0) is 13.6 Å². The van der Waals surface area contributed by atoms with Crippen LogP contribution < -0.4 is 0 Å². The summed E-state index contributed by atoms with van der Waals surface area (Å²) in [5.41, 5.74) is 0. The molecule has 1 aliphatic heterocycles. The van der Waals surface area contributed by atoms with Crippen molar-refractivity contribution in [3.05, 3.63) is 40.6 Å². The maximum absolute atomic E-state index is 4.23. The number of rotatable bonds is 4. The minimum absolute atomic E-state index is 0.506. The molecule has 1 aliphatic rings. The van der Waals surface area contributed by atoms with Gasteiger partial charge in [0.2, 0.25) is 0 Å². The molecule has 4 nitrogen and oxygen atoms in total. The molecule has 2 aromatic heterocycles. The van der Waals surface area contributed by atoms with E-state index in [9.17, 15) is 0 Å². The Hall–Kier alpha value is -1.46. The summed E-state index contributed by atoms with van der Waals surface area (Å²) in [7, 11) is 2.02. The molecule has 3 heterocycles. The van der Waals surface area contributed by atoms with E-state index in [1.54, 1.807) is 17.7 Å². The van der Waals surface area contributed by atoms with Crippen molar-refractivity contribution in [2.75, 3.05) is 6.54 Å². The largest absolute Gasteiger partial charge is 0.320 e. The van der Waals surface area contributed by atoms with Gasteiger partial charge in [-0.25, -0.2) is 0 Å². The molecule has 1 atom stereocenters. The van der Waals surface area contributed by atoms with E-state index in [4.69, 9.17) is 0 Å². The van der Waals surface area contributed by atoms with Crippen molar-refractivity contribution < 1.29 is 0 Å². The van der Waals surface area contributed by atoms with Crippen LogP contribution in [0.5, 0.6) is 0 Å². The first kappa shape index (κ1) is 14.5. The van der Waals surface area contributed by atoms with Gasteiger partial charge >= 0.3 is 0 Å². The fraction of sp³-hybridized carbons (Fsp3) is 0.500. The number of hydrogen-bond donors (Lipinski definition) is 0. The van der Waals surface area contributed by atoms with Crippen LogP contribution in [0.3, 0.4) is 0 Å². The third-order valence-electron chi connectivity index (χ3n) is 4.09. The summed E-state index contributed by atoms with van der Waals surface area (Å²) >= 11 is 1.79. The summed E-state index contributed by atoms with van der Waals surface area (Å²) in [6.07, 6.45) is 11.6. The third kappa shape index (κ3) is 3.80. The van der Waals surface area contributed by atoms with Crippen LogP contribution in [0.4, 0.5) is 0 Å². The Morgan fingerprint density at radius 3 is 3.10 bits per heavy atom. The van der Waals surface area contributed by atoms with Gasteiger partial charge in [0.1, 0.15) is 12.2 Å². The molecule has 0 bridgehead atoms. The van der Waals surface area contributed by atoms with Gasteiger partial charge in [-0.3, -0.25) is 4.90 Å². The van der Waals surface area contributed by atoms with E-state index >= 15 is 0 Å². The van der Waals surface area contributed by atoms with Crippen LogP contribution in [0.15, 0.2) is 29.9 Å². The minimum Gasteiger partial charge on any atom is -0.320 e. The first-order valence-electron chi connectivity index (χ1n) is 7.61. The van der Waals surface area contributed by atoms with Gasteiger partial charge in [0, 0.05) is 18.0 Å². The maximum atomic E-state index is 4.23.